The van der Waals surface area contributed by atoms with Gasteiger partial charge >= 0.3 is 0 Å². The number of fused-ring (bicyclic) bond motifs is 1. The Morgan fingerprint density at radius 3 is 2.90 bits per heavy atom. The van der Waals surface area contributed by atoms with E-state index in [0.717, 1.165) is 29.8 Å². The number of hydrogen-bond donors (Lipinski definition) is 0. The maximum atomic E-state index is 6.18. The van der Waals surface area contributed by atoms with E-state index in [1.165, 1.54) is 19.3 Å². The molecule has 1 aliphatic carbocycles. The Morgan fingerprint density at radius 2 is 2.15 bits per heavy atom. The number of unbranched alkanes of at least 4 members (excludes halogenated alkanes) is 2. The van der Waals surface area contributed by atoms with E-state index >= 15 is 0 Å². The quantitative estimate of drug-likeness (QED) is 0.535. The number of halogens is 1. The van der Waals surface area contributed by atoms with Crippen LogP contribution < -0.4 is 0 Å². The van der Waals surface area contributed by atoms with Gasteiger partial charge in [0.2, 0.25) is 0 Å². The number of epoxide rings is 1. The zero-order valence-corrected chi connectivity index (χ0v) is 12.9. The molecule has 0 bridgehead atoms. The molecular weight excluding hydrogens is 272 g/mol. The predicted molar refractivity (Wildman–Crippen MR) is 81.0 cm³/mol. The Bertz CT molecular complexity index is 462. The van der Waals surface area contributed by atoms with E-state index < -0.39 is 0 Å². The molecule has 0 aromatic heterocycles. The summed E-state index contributed by atoms with van der Waals surface area (Å²) in [5, 5.41) is 0.791. The van der Waals surface area contributed by atoms with E-state index in [1.807, 2.05) is 24.3 Å². The molecule has 1 saturated heterocycles. The van der Waals surface area contributed by atoms with Gasteiger partial charge in [-0.25, -0.2) is 0 Å². The molecule has 3 atom stereocenters. The minimum Gasteiger partial charge on any atom is -0.370 e. The van der Waals surface area contributed by atoms with Crippen LogP contribution in [0.3, 0.4) is 0 Å². The maximum Gasteiger partial charge on any atom is 0.121 e. The number of hydrogen-bond acceptors (Lipinski definition) is 2. The van der Waals surface area contributed by atoms with Gasteiger partial charge in [0.1, 0.15) is 5.60 Å². The second kappa shape index (κ2) is 6.05. The summed E-state index contributed by atoms with van der Waals surface area (Å²) in [5.74, 6) is 0. The zero-order chi connectivity index (χ0) is 14.0. The summed E-state index contributed by atoms with van der Waals surface area (Å²) in [7, 11) is 0. The van der Waals surface area contributed by atoms with Crippen molar-refractivity contribution in [2.24, 2.45) is 0 Å². The standard InChI is InChI=1S/C17H23ClO2/c1-2-3-6-11-17-15(9-10-16(17)20-17)19-12-13-7-4-5-8-14(13)18/h4-5,7-8,15-16H,2-3,6,9-12H2,1H3/t15-,16-,17+/m1/s1. The first-order valence-corrected chi connectivity index (χ1v) is 8.17. The third-order valence-electron chi connectivity index (χ3n) is 4.65. The molecule has 1 aromatic rings. The fourth-order valence-corrected chi connectivity index (χ4v) is 3.62. The van der Waals surface area contributed by atoms with Gasteiger partial charge in [-0.1, -0.05) is 56.0 Å². The molecule has 1 heterocycles. The highest BCUT2D eigenvalue weighted by molar-refractivity contribution is 6.31. The van der Waals surface area contributed by atoms with Gasteiger partial charge in [0, 0.05) is 5.02 Å². The van der Waals surface area contributed by atoms with Crippen molar-refractivity contribution in [1.29, 1.82) is 0 Å². The molecule has 0 spiro atoms. The Balaban J connectivity index is 1.56. The summed E-state index contributed by atoms with van der Waals surface area (Å²) < 4.78 is 12.1. The van der Waals surface area contributed by atoms with Gasteiger partial charge in [-0.15, -0.1) is 0 Å². The number of rotatable bonds is 7. The monoisotopic (exact) mass is 294 g/mol. The smallest absolute Gasteiger partial charge is 0.121 e. The lowest BCUT2D eigenvalue weighted by Gasteiger charge is -2.21. The van der Waals surface area contributed by atoms with Gasteiger partial charge in [-0.05, 0) is 30.9 Å². The average molecular weight is 295 g/mol. The Morgan fingerprint density at radius 1 is 1.30 bits per heavy atom. The Kier molecular flexibility index (Phi) is 4.34. The van der Waals surface area contributed by atoms with Crippen LogP contribution in [0.2, 0.25) is 5.02 Å². The second-order valence-electron chi connectivity index (χ2n) is 5.99. The molecule has 0 unspecified atom stereocenters. The third kappa shape index (κ3) is 2.74. The summed E-state index contributed by atoms with van der Waals surface area (Å²) in [6.07, 6.45) is 7.93. The van der Waals surface area contributed by atoms with Crippen molar-refractivity contribution in [2.45, 2.75) is 69.9 Å². The molecule has 2 aliphatic rings. The first kappa shape index (κ1) is 14.4. The molecule has 2 fully saturated rings. The highest BCUT2D eigenvalue weighted by atomic mass is 35.5. The van der Waals surface area contributed by atoms with Gasteiger partial charge < -0.3 is 9.47 Å². The summed E-state index contributed by atoms with van der Waals surface area (Å²) >= 11 is 6.18. The van der Waals surface area contributed by atoms with E-state index in [2.05, 4.69) is 6.92 Å². The van der Waals surface area contributed by atoms with Gasteiger partial charge in [-0.2, -0.15) is 0 Å². The topological polar surface area (TPSA) is 21.8 Å². The van der Waals surface area contributed by atoms with E-state index in [0.29, 0.717) is 12.7 Å². The molecule has 2 nitrogen and oxygen atoms in total. The molecule has 20 heavy (non-hydrogen) atoms. The van der Waals surface area contributed by atoms with Crippen molar-refractivity contribution in [2.75, 3.05) is 0 Å². The van der Waals surface area contributed by atoms with Crippen molar-refractivity contribution in [3.8, 4) is 0 Å². The van der Waals surface area contributed by atoms with Crippen LogP contribution in [0.25, 0.3) is 0 Å². The molecule has 1 aliphatic heterocycles. The van der Waals surface area contributed by atoms with Crippen LogP contribution in [-0.2, 0) is 16.1 Å². The van der Waals surface area contributed by atoms with Crippen molar-refractivity contribution < 1.29 is 9.47 Å². The van der Waals surface area contributed by atoms with Crippen LogP contribution in [0.4, 0.5) is 0 Å². The van der Waals surface area contributed by atoms with Crippen molar-refractivity contribution in [1.82, 2.24) is 0 Å². The molecular formula is C17H23ClO2. The fraction of sp³-hybridized carbons (Fsp3) is 0.647. The maximum absolute atomic E-state index is 6.18. The van der Waals surface area contributed by atoms with Gasteiger partial charge in [-0.3, -0.25) is 0 Å². The third-order valence-corrected chi connectivity index (χ3v) is 5.02. The summed E-state index contributed by atoms with van der Waals surface area (Å²) in [6.45, 7) is 2.83. The van der Waals surface area contributed by atoms with Gasteiger partial charge in [0.05, 0.1) is 18.8 Å². The molecule has 3 rings (SSSR count). The van der Waals surface area contributed by atoms with Gasteiger partial charge in [0.15, 0.2) is 0 Å². The molecule has 0 N–H and O–H groups in total. The van der Waals surface area contributed by atoms with Gasteiger partial charge in [0.25, 0.3) is 0 Å². The van der Waals surface area contributed by atoms with E-state index in [9.17, 15) is 0 Å². The average Bonchev–Trinajstić information content (AvgIpc) is 3.06. The highest BCUT2D eigenvalue weighted by Crippen LogP contribution is 2.54. The molecule has 0 radical (unpaired) electrons. The Labute approximate surface area is 126 Å². The van der Waals surface area contributed by atoms with E-state index in [1.54, 1.807) is 0 Å². The lowest BCUT2D eigenvalue weighted by atomic mass is 9.97. The molecule has 110 valence electrons. The van der Waals surface area contributed by atoms with Crippen LogP contribution >= 0.6 is 11.6 Å². The van der Waals surface area contributed by atoms with Crippen LogP contribution in [0.1, 0.15) is 51.0 Å². The van der Waals surface area contributed by atoms with E-state index in [-0.39, 0.29) is 11.7 Å². The molecule has 3 heteroatoms. The first-order valence-electron chi connectivity index (χ1n) is 7.79. The number of ether oxygens (including phenoxy) is 2. The molecule has 1 aromatic carbocycles. The second-order valence-corrected chi connectivity index (χ2v) is 6.39. The largest absolute Gasteiger partial charge is 0.370 e. The molecule has 1 saturated carbocycles. The normalized spacial score (nSPS) is 31.3. The minimum absolute atomic E-state index is 0.0381. The number of benzene rings is 1. The first-order chi connectivity index (χ1) is 9.76. The van der Waals surface area contributed by atoms with Crippen LogP contribution in [0.15, 0.2) is 24.3 Å². The Hall–Kier alpha value is -0.570. The van der Waals surface area contributed by atoms with Crippen molar-refractivity contribution in [3.05, 3.63) is 34.9 Å². The fourth-order valence-electron chi connectivity index (χ4n) is 3.43. The van der Waals surface area contributed by atoms with Crippen LogP contribution in [0, 0.1) is 0 Å². The predicted octanol–water partition coefficient (Wildman–Crippen LogP) is 4.74. The lowest BCUT2D eigenvalue weighted by Crippen LogP contribution is -2.30. The van der Waals surface area contributed by atoms with Crippen molar-refractivity contribution in [3.63, 3.8) is 0 Å². The minimum atomic E-state index is 0.0381. The van der Waals surface area contributed by atoms with E-state index in [4.69, 9.17) is 21.1 Å². The lowest BCUT2D eigenvalue weighted by molar-refractivity contribution is -0.0213. The molecule has 0 amide bonds. The zero-order valence-electron chi connectivity index (χ0n) is 12.1. The summed E-state index contributed by atoms with van der Waals surface area (Å²) in [6, 6.07) is 7.91. The summed E-state index contributed by atoms with van der Waals surface area (Å²) in [4.78, 5) is 0. The summed E-state index contributed by atoms with van der Waals surface area (Å²) in [5.41, 5.74) is 1.11. The van der Waals surface area contributed by atoms with Crippen LogP contribution in [0.5, 0.6) is 0 Å². The highest BCUT2D eigenvalue weighted by Gasteiger charge is 2.65. The van der Waals surface area contributed by atoms with Crippen LogP contribution in [-0.4, -0.2) is 17.8 Å². The SMILES string of the molecule is CCCCC[C@@]12O[C@@H]1CC[C@H]2OCc1ccccc1Cl. The van der Waals surface area contributed by atoms with Crippen molar-refractivity contribution >= 4 is 11.6 Å².